The molecule has 1 aliphatic rings. The number of hydrogen-bond acceptors (Lipinski definition) is 6. The van der Waals surface area contributed by atoms with E-state index < -0.39 is 11.3 Å². The molecule has 0 saturated heterocycles. The van der Waals surface area contributed by atoms with Crippen molar-refractivity contribution >= 4 is 11.6 Å². The van der Waals surface area contributed by atoms with E-state index >= 15 is 0 Å². The number of nitrogens with one attached hydrogen (secondary N) is 1. The smallest absolute Gasteiger partial charge is 0.291 e. The lowest BCUT2D eigenvalue weighted by atomic mass is 10.2. The Labute approximate surface area is 154 Å². The standard InChI is InChI=1S/C20H15NO6/c22-15-9-18(25-11-19(15)24-10-13-4-2-1-3-5-13)20(23)21-14-6-7-16-17(8-14)27-12-26-16/h1-9,11H,10,12H2,(H,21,23). The Morgan fingerprint density at radius 3 is 2.67 bits per heavy atom. The minimum Gasteiger partial charge on any atom is -0.482 e. The largest absolute Gasteiger partial charge is 0.482 e. The monoisotopic (exact) mass is 365 g/mol. The number of ether oxygens (including phenoxy) is 3. The second kappa shape index (κ2) is 7.25. The third kappa shape index (κ3) is 3.77. The van der Waals surface area contributed by atoms with Crippen molar-refractivity contribution in [3.63, 3.8) is 0 Å². The van der Waals surface area contributed by atoms with Gasteiger partial charge in [0.2, 0.25) is 18.0 Å². The van der Waals surface area contributed by atoms with Gasteiger partial charge in [0.05, 0.1) is 0 Å². The summed E-state index contributed by atoms with van der Waals surface area (Å²) >= 11 is 0. The van der Waals surface area contributed by atoms with Crippen LogP contribution in [0.3, 0.4) is 0 Å². The molecule has 0 spiro atoms. The van der Waals surface area contributed by atoms with Crippen LogP contribution in [0.5, 0.6) is 17.2 Å². The molecule has 0 bridgehead atoms. The Bertz CT molecular complexity index is 1030. The van der Waals surface area contributed by atoms with Crippen molar-refractivity contribution in [1.29, 1.82) is 0 Å². The Balaban J connectivity index is 1.43. The van der Waals surface area contributed by atoms with Crippen LogP contribution < -0.4 is 25.0 Å². The lowest BCUT2D eigenvalue weighted by molar-refractivity contribution is 0.0993. The summed E-state index contributed by atoms with van der Waals surface area (Å²) in [4.78, 5) is 24.5. The molecule has 2 aromatic carbocycles. The van der Waals surface area contributed by atoms with Crippen molar-refractivity contribution < 1.29 is 23.4 Å². The number of amides is 1. The fourth-order valence-electron chi connectivity index (χ4n) is 2.53. The molecule has 0 radical (unpaired) electrons. The SMILES string of the molecule is O=C(Nc1ccc2c(c1)OCO2)c1cc(=O)c(OCc2ccccc2)co1. The molecule has 0 aliphatic carbocycles. The van der Waals surface area contributed by atoms with E-state index in [4.69, 9.17) is 18.6 Å². The third-order valence-corrected chi connectivity index (χ3v) is 3.89. The van der Waals surface area contributed by atoms with Crippen molar-refractivity contribution in [3.05, 3.63) is 82.4 Å². The van der Waals surface area contributed by atoms with E-state index in [0.29, 0.717) is 17.2 Å². The van der Waals surface area contributed by atoms with E-state index in [1.807, 2.05) is 30.3 Å². The van der Waals surface area contributed by atoms with Crippen LogP contribution in [0, 0.1) is 0 Å². The maximum absolute atomic E-state index is 12.3. The average molecular weight is 365 g/mol. The first-order chi connectivity index (χ1) is 13.2. The van der Waals surface area contributed by atoms with Gasteiger partial charge in [-0.1, -0.05) is 30.3 Å². The highest BCUT2D eigenvalue weighted by atomic mass is 16.7. The number of anilines is 1. The van der Waals surface area contributed by atoms with E-state index in [1.165, 1.54) is 0 Å². The van der Waals surface area contributed by atoms with Crippen LogP contribution in [-0.4, -0.2) is 12.7 Å². The summed E-state index contributed by atoms with van der Waals surface area (Å²) in [5, 5.41) is 2.64. The Hall–Kier alpha value is -3.74. The predicted molar refractivity (Wildman–Crippen MR) is 96.3 cm³/mol. The number of rotatable bonds is 5. The number of carbonyl (C=O) groups is 1. The minimum atomic E-state index is -0.555. The third-order valence-electron chi connectivity index (χ3n) is 3.89. The molecule has 4 rings (SSSR count). The van der Waals surface area contributed by atoms with E-state index in [0.717, 1.165) is 17.9 Å². The summed E-state index contributed by atoms with van der Waals surface area (Å²) in [7, 11) is 0. The van der Waals surface area contributed by atoms with Gasteiger partial charge < -0.3 is 23.9 Å². The zero-order valence-corrected chi connectivity index (χ0v) is 14.1. The number of carbonyl (C=O) groups excluding carboxylic acids is 1. The van der Waals surface area contributed by atoms with Crippen molar-refractivity contribution in [2.45, 2.75) is 6.61 Å². The second-order valence-electron chi connectivity index (χ2n) is 5.77. The first-order valence-electron chi connectivity index (χ1n) is 8.19. The molecule has 1 amide bonds. The quantitative estimate of drug-likeness (QED) is 0.747. The summed E-state index contributed by atoms with van der Waals surface area (Å²) in [5.74, 6) is 0.516. The normalized spacial score (nSPS) is 11.9. The zero-order valence-electron chi connectivity index (χ0n) is 14.1. The highest BCUT2D eigenvalue weighted by molar-refractivity contribution is 6.02. The number of fused-ring (bicyclic) bond motifs is 1. The lowest BCUT2D eigenvalue weighted by Crippen LogP contribution is -2.15. The minimum absolute atomic E-state index is 0.0403. The van der Waals surface area contributed by atoms with Crippen molar-refractivity contribution in [2.75, 3.05) is 12.1 Å². The molecule has 0 atom stereocenters. The van der Waals surface area contributed by atoms with Crippen molar-refractivity contribution in [3.8, 4) is 17.2 Å². The molecule has 0 saturated carbocycles. The second-order valence-corrected chi connectivity index (χ2v) is 5.77. The summed E-state index contributed by atoms with van der Waals surface area (Å²) in [6.45, 7) is 0.375. The molecule has 1 N–H and O–H groups in total. The Morgan fingerprint density at radius 2 is 1.85 bits per heavy atom. The Morgan fingerprint density at radius 1 is 1.04 bits per heavy atom. The van der Waals surface area contributed by atoms with Gasteiger partial charge in [-0.25, -0.2) is 0 Å². The van der Waals surface area contributed by atoms with E-state index in [-0.39, 0.29) is 24.9 Å². The number of benzene rings is 2. The molecule has 0 fully saturated rings. The zero-order chi connectivity index (χ0) is 18.6. The van der Waals surface area contributed by atoms with E-state index in [9.17, 15) is 9.59 Å². The highest BCUT2D eigenvalue weighted by Crippen LogP contribution is 2.34. The van der Waals surface area contributed by atoms with E-state index in [2.05, 4.69) is 5.32 Å². The van der Waals surface area contributed by atoms with Gasteiger partial charge in [-0.3, -0.25) is 9.59 Å². The van der Waals surface area contributed by atoms with Crippen LogP contribution in [0.25, 0.3) is 0 Å². The van der Waals surface area contributed by atoms with Crippen LogP contribution in [0.4, 0.5) is 5.69 Å². The molecule has 0 unspecified atom stereocenters. The van der Waals surface area contributed by atoms with Crippen LogP contribution in [0.1, 0.15) is 16.1 Å². The first kappa shape index (κ1) is 16.7. The van der Waals surface area contributed by atoms with Gasteiger partial charge in [0.25, 0.3) is 5.91 Å². The van der Waals surface area contributed by atoms with Gasteiger partial charge in [0, 0.05) is 17.8 Å². The molecular weight excluding hydrogens is 350 g/mol. The first-order valence-corrected chi connectivity index (χ1v) is 8.19. The van der Waals surface area contributed by atoms with Gasteiger partial charge in [0.15, 0.2) is 17.3 Å². The molecule has 27 heavy (non-hydrogen) atoms. The molecule has 2 heterocycles. The molecule has 1 aliphatic heterocycles. The fraction of sp³-hybridized carbons (Fsp3) is 0.100. The van der Waals surface area contributed by atoms with Crippen LogP contribution in [0.2, 0.25) is 0 Å². The molecule has 136 valence electrons. The molecule has 7 nitrogen and oxygen atoms in total. The lowest BCUT2D eigenvalue weighted by Gasteiger charge is -2.07. The van der Waals surface area contributed by atoms with Gasteiger partial charge in [0.1, 0.15) is 12.9 Å². The van der Waals surface area contributed by atoms with E-state index in [1.54, 1.807) is 18.2 Å². The molecule has 1 aromatic heterocycles. The van der Waals surface area contributed by atoms with Gasteiger partial charge in [-0.2, -0.15) is 0 Å². The molecule has 3 aromatic rings. The van der Waals surface area contributed by atoms with Gasteiger partial charge in [-0.15, -0.1) is 0 Å². The van der Waals surface area contributed by atoms with Crippen LogP contribution >= 0.6 is 0 Å². The highest BCUT2D eigenvalue weighted by Gasteiger charge is 2.16. The Kier molecular flexibility index (Phi) is 4.49. The van der Waals surface area contributed by atoms with Crippen molar-refractivity contribution in [2.24, 2.45) is 0 Å². The maximum Gasteiger partial charge on any atom is 0.291 e. The summed E-state index contributed by atoms with van der Waals surface area (Å²) in [6.07, 6.45) is 1.14. The van der Waals surface area contributed by atoms with Gasteiger partial charge in [-0.05, 0) is 17.7 Å². The average Bonchev–Trinajstić information content (AvgIpc) is 3.15. The number of hydrogen-bond donors (Lipinski definition) is 1. The summed E-state index contributed by atoms with van der Waals surface area (Å²) < 4.78 is 21.2. The summed E-state index contributed by atoms with van der Waals surface area (Å²) in [5.41, 5.74) is 0.978. The van der Waals surface area contributed by atoms with Gasteiger partial charge >= 0.3 is 0 Å². The van der Waals surface area contributed by atoms with Crippen LogP contribution in [-0.2, 0) is 6.61 Å². The molecule has 7 heteroatoms. The maximum atomic E-state index is 12.3. The fourth-order valence-corrected chi connectivity index (χ4v) is 2.53. The van der Waals surface area contributed by atoms with Crippen molar-refractivity contribution in [1.82, 2.24) is 0 Å². The summed E-state index contributed by atoms with van der Waals surface area (Å²) in [6, 6.07) is 15.5. The predicted octanol–water partition coefficient (Wildman–Crippen LogP) is 3.20. The van der Waals surface area contributed by atoms with Crippen LogP contribution in [0.15, 0.2) is 70.1 Å². The topological polar surface area (TPSA) is 87.0 Å². The molecular formula is C20H15NO6.